The van der Waals surface area contributed by atoms with Gasteiger partial charge in [-0.05, 0) is 44.0 Å². The van der Waals surface area contributed by atoms with Crippen LogP contribution in [0.2, 0.25) is 0 Å². The van der Waals surface area contributed by atoms with Crippen LogP contribution in [0, 0.1) is 13.8 Å². The molecule has 7 nitrogen and oxygen atoms in total. The van der Waals surface area contributed by atoms with E-state index in [2.05, 4.69) is 28.1 Å². The van der Waals surface area contributed by atoms with Gasteiger partial charge < -0.3 is 14.2 Å². The molecule has 0 aliphatic rings. The van der Waals surface area contributed by atoms with Gasteiger partial charge in [0.2, 0.25) is 5.69 Å². The topological polar surface area (TPSA) is 81.3 Å². The summed E-state index contributed by atoms with van der Waals surface area (Å²) in [4.78, 5) is 22.3. The van der Waals surface area contributed by atoms with E-state index >= 15 is 0 Å². The average Bonchev–Trinajstić information content (AvgIpc) is 3.01. The summed E-state index contributed by atoms with van der Waals surface area (Å²) in [5, 5.41) is 4.24. The highest BCUT2D eigenvalue weighted by atomic mass is 16.5. The summed E-state index contributed by atoms with van der Waals surface area (Å²) >= 11 is 0. The molecule has 0 amide bonds. The Balaban J connectivity index is 2.12. The van der Waals surface area contributed by atoms with Gasteiger partial charge in [-0.2, -0.15) is 4.98 Å². The van der Waals surface area contributed by atoms with E-state index in [1.54, 1.807) is 6.92 Å². The van der Waals surface area contributed by atoms with Gasteiger partial charge in [-0.3, -0.25) is 0 Å². The molecule has 3 aromatic rings. The summed E-state index contributed by atoms with van der Waals surface area (Å²) in [6.07, 6.45) is 1.38. The molecule has 7 heteroatoms. The van der Waals surface area contributed by atoms with Crippen molar-refractivity contribution in [2.75, 3.05) is 18.6 Å². The quantitative estimate of drug-likeness (QED) is 0.681. The molecule has 124 valence electrons. The molecule has 1 aromatic carbocycles. The van der Waals surface area contributed by atoms with Gasteiger partial charge in [0.1, 0.15) is 17.5 Å². The Morgan fingerprint density at radius 3 is 2.75 bits per heavy atom. The second kappa shape index (κ2) is 6.27. The highest BCUT2D eigenvalue weighted by molar-refractivity contribution is 6.05. The number of carbonyl (C=O) groups excluding carboxylic acids is 1. The molecule has 3 rings (SSSR count). The Morgan fingerprint density at radius 2 is 2.04 bits per heavy atom. The van der Waals surface area contributed by atoms with Crippen LogP contribution in [0.15, 0.2) is 29.0 Å². The predicted octanol–water partition coefficient (Wildman–Crippen LogP) is 3.18. The van der Waals surface area contributed by atoms with Gasteiger partial charge >= 0.3 is 5.97 Å². The van der Waals surface area contributed by atoms with Crippen molar-refractivity contribution in [1.29, 1.82) is 0 Å². The fourth-order valence-corrected chi connectivity index (χ4v) is 2.42. The van der Waals surface area contributed by atoms with Crippen molar-refractivity contribution < 1.29 is 14.1 Å². The van der Waals surface area contributed by atoms with Crippen molar-refractivity contribution in [1.82, 2.24) is 15.1 Å². The molecule has 0 N–H and O–H groups in total. The minimum Gasteiger partial charge on any atom is -0.461 e. The standard InChI is InChI=1S/C17H18N4O3/c1-5-23-17(22)14-13-15(18-9-19-16(13)24-20-14)21(4)12-7-6-10(2)11(3)8-12/h6-9H,5H2,1-4H3. The van der Waals surface area contributed by atoms with Crippen LogP contribution in [0.5, 0.6) is 0 Å². The van der Waals surface area contributed by atoms with Crippen LogP contribution in [-0.4, -0.2) is 34.7 Å². The Bertz CT molecular complexity index is 904. The summed E-state index contributed by atoms with van der Waals surface area (Å²) in [6.45, 7) is 6.09. The average molecular weight is 326 g/mol. The highest BCUT2D eigenvalue weighted by Gasteiger charge is 2.24. The molecule has 2 heterocycles. The molecule has 0 spiro atoms. The van der Waals surface area contributed by atoms with Gasteiger partial charge in [0, 0.05) is 12.7 Å². The zero-order valence-corrected chi connectivity index (χ0v) is 14.0. The minimum atomic E-state index is -0.555. The molecule has 0 saturated carbocycles. The van der Waals surface area contributed by atoms with Crippen molar-refractivity contribution in [2.45, 2.75) is 20.8 Å². The molecule has 0 aliphatic carbocycles. The Morgan fingerprint density at radius 1 is 1.25 bits per heavy atom. The number of fused-ring (bicyclic) bond motifs is 1. The first kappa shape index (κ1) is 15.9. The fraction of sp³-hybridized carbons (Fsp3) is 0.294. The van der Waals surface area contributed by atoms with Crippen molar-refractivity contribution in [3.63, 3.8) is 0 Å². The summed E-state index contributed by atoms with van der Waals surface area (Å²) in [5.74, 6) is -0.0201. The first-order valence-electron chi connectivity index (χ1n) is 7.61. The third-order valence-corrected chi connectivity index (χ3v) is 3.92. The Kier molecular flexibility index (Phi) is 4.16. The first-order valence-corrected chi connectivity index (χ1v) is 7.61. The van der Waals surface area contributed by atoms with Gasteiger partial charge in [0.15, 0.2) is 0 Å². The van der Waals surface area contributed by atoms with E-state index in [1.807, 2.05) is 31.0 Å². The van der Waals surface area contributed by atoms with Crippen LogP contribution < -0.4 is 4.90 Å². The van der Waals surface area contributed by atoms with Crippen LogP contribution >= 0.6 is 0 Å². The van der Waals surface area contributed by atoms with Gasteiger partial charge in [0.05, 0.1) is 6.61 Å². The zero-order chi connectivity index (χ0) is 17.3. The number of hydrogen-bond acceptors (Lipinski definition) is 7. The third-order valence-electron chi connectivity index (χ3n) is 3.92. The molecule has 2 aromatic heterocycles. The number of carbonyl (C=O) groups is 1. The number of aryl methyl sites for hydroxylation is 2. The lowest BCUT2D eigenvalue weighted by Gasteiger charge is -2.19. The van der Waals surface area contributed by atoms with E-state index in [4.69, 9.17) is 9.26 Å². The molecule has 0 aliphatic heterocycles. The van der Waals surface area contributed by atoms with Crippen molar-refractivity contribution in [2.24, 2.45) is 0 Å². The maximum atomic E-state index is 12.1. The van der Waals surface area contributed by atoms with Crippen LogP contribution in [0.25, 0.3) is 11.1 Å². The van der Waals surface area contributed by atoms with E-state index in [0.717, 1.165) is 5.69 Å². The lowest BCUT2D eigenvalue weighted by atomic mass is 10.1. The second-order valence-electron chi connectivity index (χ2n) is 5.46. The van der Waals surface area contributed by atoms with E-state index in [1.165, 1.54) is 17.5 Å². The van der Waals surface area contributed by atoms with Gasteiger partial charge in [-0.1, -0.05) is 11.2 Å². The number of aromatic nitrogens is 3. The van der Waals surface area contributed by atoms with Crippen LogP contribution in [0.4, 0.5) is 11.5 Å². The Hall–Kier alpha value is -2.96. The number of anilines is 2. The molecule has 0 bridgehead atoms. The maximum Gasteiger partial charge on any atom is 0.361 e. The number of esters is 1. The van der Waals surface area contributed by atoms with Crippen LogP contribution in [-0.2, 0) is 4.74 Å². The third kappa shape index (κ3) is 2.68. The number of ether oxygens (including phenoxy) is 1. The number of benzene rings is 1. The largest absolute Gasteiger partial charge is 0.461 e. The van der Waals surface area contributed by atoms with Gasteiger partial charge in [-0.25, -0.2) is 9.78 Å². The summed E-state index contributed by atoms with van der Waals surface area (Å²) in [6, 6.07) is 6.09. The number of nitrogens with zero attached hydrogens (tertiary/aromatic N) is 4. The normalized spacial score (nSPS) is 10.8. The maximum absolute atomic E-state index is 12.1. The number of hydrogen-bond donors (Lipinski definition) is 0. The zero-order valence-electron chi connectivity index (χ0n) is 14.0. The molecular weight excluding hydrogens is 308 g/mol. The second-order valence-corrected chi connectivity index (χ2v) is 5.46. The predicted molar refractivity (Wildman–Crippen MR) is 89.5 cm³/mol. The summed E-state index contributed by atoms with van der Waals surface area (Å²) in [7, 11) is 1.87. The first-order chi connectivity index (χ1) is 11.5. The van der Waals surface area contributed by atoms with Gasteiger partial charge in [-0.15, -0.1) is 0 Å². The van der Waals surface area contributed by atoms with Crippen LogP contribution in [0.3, 0.4) is 0 Å². The van der Waals surface area contributed by atoms with Crippen LogP contribution in [0.1, 0.15) is 28.5 Å². The Labute approximate surface area is 139 Å². The number of rotatable bonds is 4. The van der Waals surface area contributed by atoms with E-state index < -0.39 is 5.97 Å². The monoisotopic (exact) mass is 326 g/mol. The summed E-state index contributed by atoms with van der Waals surface area (Å²) in [5.41, 5.74) is 3.64. The highest BCUT2D eigenvalue weighted by Crippen LogP contribution is 2.31. The molecular formula is C17H18N4O3. The molecule has 0 unspecified atom stereocenters. The van der Waals surface area contributed by atoms with Gasteiger partial charge in [0.25, 0.3) is 5.71 Å². The molecule has 0 fully saturated rings. The van der Waals surface area contributed by atoms with E-state index in [-0.39, 0.29) is 18.0 Å². The van der Waals surface area contributed by atoms with E-state index in [9.17, 15) is 4.79 Å². The van der Waals surface area contributed by atoms with Crippen molar-refractivity contribution in [3.8, 4) is 0 Å². The molecule has 0 radical (unpaired) electrons. The smallest absolute Gasteiger partial charge is 0.361 e. The van der Waals surface area contributed by atoms with Crippen molar-refractivity contribution in [3.05, 3.63) is 41.3 Å². The summed E-state index contributed by atoms with van der Waals surface area (Å²) < 4.78 is 10.2. The fourth-order valence-electron chi connectivity index (χ4n) is 2.42. The SMILES string of the molecule is CCOC(=O)c1noc2ncnc(N(C)c3ccc(C)c(C)c3)c12. The minimum absolute atomic E-state index is 0.0816. The molecule has 0 atom stereocenters. The lowest BCUT2D eigenvalue weighted by molar-refractivity contribution is 0.0517. The van der Waals surface area contributed by atoms with E-state index in [0.29, 0.717) is 11.2 Å². The lowest BCUT2D eigenvalue weighted by Crippen LogP contribution is -2.14. The molecule has 24 heavy (non-hydrogen) atoms. The van der Waals surface area contributed by atoms with Crippen molar-refractivity contribution >= 4 is 28.6 Å². The molecule has 0 saturated heterocycles.